The van der Waals surface area contributed by atoms with Crippen molar-refractivity contribution in [3.05, 3.63) is 50.6 Å². The minimum Gasteiger partial charge on any atom is -0.393 e. The summed E-state index contributed by atoms with van der Waals surface area (Å²) in [5.41, 5.74) is 0. The highest BCUT2D eigenvalue weighted by Crippen LogP contribution is 2.17. The van der Waals surface area contributed by atoms with Gasteiger partial charge in [0.15, 0.2) is 0 Å². The lowest BCUT2D eigenvalue weighted by atomic mass is 9.92. The average Bonchev–Trinajstić information content (AvgIpc) is 2.88. The Bertz CT molecular complexity index is 492. The van der Waals surface area contributed by atoms with Gasteiger partial charge in [-0.3, -0.25) is 0 Å². The van der Waals surface area contributed by atoms with Crippen molar-refractivity contribution in [2.75, 3.05) is 0 Å². The molecule has 0 saturated carbocycles. The molecule has 4 heteroatoms. The minimum absolute atomic E-state index is 0.182. The molecular formula is C36H72O4. The highest BCUT2D eigenvalue weighted by Gasteiger charge is 2.17. The predicted octanol–water partition coefficient (Wildman–Crippen LogP) is 8.86. The van der Waals surface area contributed by atoms with Gasteiger partial charge in [0, 0.05) is 0 Å². The smallest absolute Gasteiger partial charge is 0.0591 e. The Morgan fingerprint density at radius 2 is 0.475 bits per heavy atom. The Balaban J connectivity index is -0.000000216. The quantitative estimate of drug-likeness (QED) is 0.140. The number of rotatable bonds is 16. The Morgan fingerprint density at radius 3 is 0.550 bits per heavy atom. The molecule has 0 amide bonds. The van der Waals surface area contributed by atoms with Gasteiger partial charge in [-0.15, -0.1) is 26.3 Å². The van der Waals surface area contributed by atoms with E-state index in [1.807, 2.05) is 107 Å². The maximum Gasteiger partial charge on any atom is 0.0591 e. The zero-order chi connectivity index (χ0) is 32.6. The molecule has 0 spiro atoms. The van der Waals surface area contributed by atoms with Gasteiger partial charge < -0.3 is 20.4 Å². The van der Waals surface area contributed by atoms with Crippen LogP contribution in [0.15, 0.2) is 50.6 Å². The SMILES string of the molecule is C=CC[C@@H](C)[C@@H](O)C(C)C.C=CC[C@@H](C)[C@H](O)C(C)C.C=CC[C@H](C)C(O)C(C)C.C=CC[C@H](C)[C@@H](O)C(C)C. The fourth-order valence-corrected chi connectivity index (χ4v) is 4.24. The van der Waals surface area contributed by atoms with Crippen LogP contribution in [0.1, 0.15) is 109 Å². The van der Waals surface area contributed by atoms with Crippen molar-refractivity contribution < 1.29 is 20.4 Å². The molecule has 0 aromatic carbocycles. The van der Waals surface area contributed by atoms with E-state index in [4.69, 9.17) is 0 Å². The average molecular weight is 569 g/mol. The molecule has 0 aliphatic carbocycles. The summed E-state index contributed by atoms with van der Waals surface area (Å²) in [6.45, 7) is 39.0. The molecule has 0 aromatic heterocycles. The summed E-state index contributed by atoms with van der Waals surface area (Å²) < 4.78 is 0. The molecule has 0 aromatic rings. The zero-order valence-electron chi connectivity index (χ0n) is 28.7. The summed E-state index contributed by atoms with van der Waals surface area (Å²) in [5.74, 6) is 2.81. The van der Waals surface area contributed by atoms with Crippen molar-refractivity contribution in [3.63, 3.8) is 0 Å². The second-order valence-electron chi connectivity index (χ2n) is 12.9. The Morgan fingerprint density at radius 1 is 0.350 bits per heavy atom. The number of allylic oxidation sites excluding steroid dienone is 4. The normalized spacial score (nSPS) is 16.9. The van der Waals surface area contributed by atoms with Crippen LogP contribution in [0.3, 0.4) is 0 Å². The molecule has 0 rings (SSSR count). The van der Waals surface area contributed by atoms with E-state index in [-0.39, 0.29) is 24.4 Å². The van der Waals surface area contributed by atoms with Crippen molar-refractivity contribution in [1.29, 1.82) is 0 Å². The molecule has 0 heterocycles. The van der Waals surface area contributed by atoms with E-state index in [1.165, 1.54) is 0 Å². The van der Waals surface area contributed by atoms with Crippen LogP contribution in [-0.2, 0) is 0 Å². The lowest BCUT2D eigenvalue weighted by Crippen LogP contribution is -2.22. The molecule has 8 atom stereocenters. The van der Waals surface area contributed by atoms with Gasteiger partial charge in [0.2, 0.25) is 0 Å². The topological polar surface area (TPSA) is 80.9 Å². The van der Waals surface area contributed by atoms with Crippen LogP contribution < -0.4 is 0 Å². The van der Waals surface area contributed by atoms with Crippen LogP contribution in [0.2, 0.25) is 0 Å². The number of hydrogen-bond acceptors (Lipinski definition) is 4. The van der Waals surface area contributed by atoms with E-state index in [1.54, 1.807) is 0 Å². The summed E-state index contributed by atoms with van der Waals surface area (Å²) in [4.78, 5) is 0. The fourth-order valence-electron chi connectivity index (χ4n) is 4.24. The molecule has 40 heavy (non-hydrogen) atoms. The molecule has 0 aliphatic heterocycles. The molecule has 0 fully saturated rings. The first-order valence-corrected chi connectivity index (χ1v) is 15.5. The van der Waals surface area contributed by atoms with Crippen LogP contribution in [0.5, 0.6) is 0 Å². The highest BCUT2D eigenvalue weighted by atomic mass is 16.3. The molecule has 4 N–H and O–H groups in total. The van der Waals surface area contributed by atoms with Gasteiger partial charge in [0.05, 0.1) is 24.4 Å². The molecule has 0 radical (unpaired) electrons. The van der Waals surface area contributed by atoms with Crippen molar-refractivity contribution in [2.45, 2.75) is 133 Å². The molecule has 0 bridgehead atoms. The van der Waals surface area contributed by atoms with Crippen molar-refractivity contribution >= 4 is 0 Å². The minimum atomic E-state index is -0.182. The molecule has 0 aliphatic rings. The van der Waals surface area contributed by atoms with Crippen molar-refractivity contribution in [3.8, 4) is 0 Å². The van der Waals surface area contributed by atoms with Crippen LogP contribution in [0.4, 0.5) is 0 Å². The van der Waals surface area contributed by atoms with Gasteiger partial charge in [-0.2, -0.15) is 0 Å². The van der Waals surface area contributed by atoms with Gasteiger partial charge in [-0.05, 0) is 73.0 Å². The Hall–Kier alpha value is -1.20. The Labute approximate surface area is 251 Å². The lowest BCUT2D eigenvalue weighted by molar-refractivity contribution is 0.0735. The third-order valence-electron chi connectivity index (χ3n) is 7.22. The van der Waals surface area contributed by atoms with Crippen LogP contribution in [0.25, 0.3) is 0 Å². The van der Waals surface area contributed by atoms with Crippen LogP contribution in [-0.4, -0.2) is 44.8 Å². The third kappa shape index (κ3) is 25.7. The van der Waals surface area contributed by atoms with Gasteiger partial charge in [-0.25, -0.2) is 0 Å². The third-order valence-corrected chi connectivity index (χ3v) is 7.22. The van der Waals surface area contributed by atoms with Crippen molar-refractivity contribution in [1.82, 2.24) is 0 Å². The maximum absolute atomic E-state index is 9.48. The largest absolute Gasteiger partial charge is 0.393 e. The number of hydrogen-bond donors (Lipinski definition) is 4. The van der Waals surface area contributed by atoms with Gasteiger partial charge in [0.1, 0.15) is 0 Å². The van der Waals surface area contributed by atoms with E-state index in [0.29, 0.717) is 47.3 Å². The monoisotopic (exact) mass is 569 g/mol. The first-order chi connectivity index (χ1) is 18.4. The summed E-state index contributed by atoms with van der Waals surface area (Å²) >= 11 is 0. The summed E-state index contributed by atoms with van der Waals surface area (Å²) in [7, 11) is 0. The molecule has 240 valence electrons. The first kappa shape index (κ1) is 45.8. The predicted molar refractivity (Wildman–Crippen MR) is 179 cm³/mol. The number of aliphatic hydroxyl groups excluding tert-OH is 4. The van der Waals surface area contributed by atoms with Crippen LogP contribution in [0, 0.1) is 47.3 Å². The van der Waals surface area contributed by atoms with E-state index in [0.717, 1.165) is 25.7 Å². The van der Waals surface area contributed by atoms with E-state index in [2.05, 4.69) is 26.3 Å². The van der Waals surface area contributed by atoms with Crippen LogP contribution >= 0.6 is 0 Å². The molecular weight excluding hydrogens is 496 g/mol. The second kappa shape index (κ2) is 27.9. The van der Waals surface area contributed by atoms with E-state index in [9.17, 15) is 20.4 Å². The fraction of sp³-hybridized carbons (Fsp3) is 0.778. The highest BCUT2D eigenvalue weighted by molar-refractivity contribution is 4.78. The maximum atomic E-state index is 9.48. The van der Waals surface area contributed by atoms with Crippen molar-refractivity contribution in [2.24, 2.45) is 47.3 Å². The van der Waals surface area contributed by atoms with E-state index >= 15 is 0 Å². The standard InChI is InChI=1S/4C9H18O/c4*1-5-6-8(4)9(10)7(2)3/h4*5,7-10H,1,6H2,2-4H3/t8-,9?;8-,9+;2*8-,9-/m0110/s1. The van der Waals surface area contributed by atoms with Gasteiger partial charge in [0.25, 0.3) is 0 Å². The molecule has 1 unspecified atom stereocenters. The first-order valence-electron chi connectivity index (χ1n) is 15.5. The summed E-state index contributed by atoms with van der Waals surface area (Å²) in [6, 6.07) is 0. The lowest BCUT2D eigenvalue weighted by Gasteiger charge is -2.20. The zero-order valence-corrected chi connectivity index (χ0v) is 28.7. The summed E-state index contributed by atoms with van der Waals surface area (Å²) in [5, 5.41) is 37.9. The van der Waals surface area contributed by atoms with Gasteiger partial charge >= 0.3 is 0 Å². The molecule has 4 nitrogen and oxygen atoms in total. The Kier molecular flexibility index (Phi) is 32.0. The molecule has 0 saturated heterocycles. The summed E-state index contributed by atoms with van der Waals surface area (Å²) in [6.07, 6.45) is 10.3. The van der Waals surface area contributed by atoms with Gasteiger partial charge in [-0.1, -0.05) is 107 Å². The van der Waals surface area contributed by atoms with E-state index < -0.39 is 0 Å². The number of aliphatic hydroxyl groups is 4. The second-order valence-corrected chi connectivity index (χ2v) is 12.9.